The topological polar surface area (TPSA) is 24.9 Å². The molecule has 0 bridgehead atoms. The molecule has 3 heteroatoms. The first-order valence-corrected chi connectivity index (χ1v) is 6.41. The molecule has 2 nitrogen and oxygen atoms in total. The van der Waals surface area contributed by atoms with Crippen LogP contribution in [0.1, 0.15) is 17.0 Å². The van der Waals surface area contributed by atoms with Gasteiger partial charge < -0.3 is 5.32 Å². The van der Waals surface area contributed by atoms with E-state index in [1.165, 1.54) is 5.56 Å². The van der Waals surface area contributed by atoms with E-state index < -0.39 is 0 Å². The van der Waals surface area contributed by atoms with Gasteiger partial charge in [-0.2, -0.15) is 0 Å². The van der Waals surface area contributed by atoms with Crippen LogP contribution in [-0.2, 0) is 13.1 Å². The highest BCUT2D eigenvalue weighted by molar-refractivity contribution is 9.10. The summed E-state index contributed by atoms with van der Waals surface area (Å²) in [5.41, 5.74) is 3.40. The number of aromatic nitrogens is 1. The van der Waals surface area contributed by atoms with Crippen LogP contribution in [-0.4, -0.2) is 4.98 Å². The molecule has 1 heterocycles. The van der Waals surface area contributed by atoms with Gasteiger partial charge in [0, 0.05) is 23.3 Å². The zero-order valence-electron chi connectivity index (χ0n) is 9.78. The third kappa shape index (κ3) is 3.65. The number of nitrogens with one attached hydrogen (secondary N) is 1. The average molecular weight is 291 g/mol. The van der Waals surface area contributed by atoms with Crippen molar-refractivity contribution in [2.45, 2.75) is 20.0 Å². The van der Waals surface area contributed by atoms with Gasteiger partial charge in [-0.1, -0.05) is 40.2 Å². The molecule has 1 aromatic carbocycles. The van der Waals surface area contributed by atoms with Crippen molar-refractivity contribution < 1.29 is 0 Å². The van der Waals surface area contributed by atoms with Gasteiger partial charge in [0.05, 0.1) is 5.69 Å². The number of pyridine rings is 1. The van der Waals surface area contributed by atoms with Crippen molar-refractivity contribution in [1.29, 1.82) is 0 Å². The predicted octanol–water partition coefficient (Wildman–Crippen LogP) is 3.44. The molecule has 88 valence electrons. The number of rotatable bonds is 4. The number of hydrogen-bond acceptors (Lipinski definition) is 2. The first kappa shape index (κ1) is 12.3. The van der Waals surface area contributed by atoms with Gasteiger partial charge in [0.2, 0.25) is 0 Å². The minimum atomic E-state index is 0.795. The summed E-state index contributed by atoms with van der Waals surface area (Å²) in [5.74, 6) is 0. The lowest BCUT2D eigenvalue weighted by Gasteiger charge is -2.06. The summed E-state index contributed by atoms with van der Waals surface area (Å²) in [7, 11) is 0. The fourth-order valence-corrected chi connectivity index (χ4v) is 2.09. The Hall–Kier alpha value is -1.19. The second-order valence-electron chi connectivity index (χ2n) is 3.97. The first-order chi connectivity index (χ1) is 8.25. The minimum absolute atomic E-state index is 0.795. The largest absolute Gasteiger partial charge is 0.307 e. The number of aryl methyl sites for hydroxylation is 1. The van der Waals surface area contributed by atoms with E-state index in [0.717, 1.165) is 29.0 Å². The van der Waals surface area contributed by atoms with Crippen molar-refractivity contribution in [3.05, 3.63) is 63.9 Å². The van der Waals surface area contributed by atoms with Gasteiger partial charge >= 0.3 is 0 Å². The standard InChI is InChI=1S/C14H15BrN2/c1-11-5-4-7-13(17-11)10-16-9-12-6-2-3-8-14(12)15/h2-8,16H,9-10H2,1H3. The van der Waals surface area contributed by atoms with Crippen molar-refractivity contribution in [2.75, 3.05) is 0 Å². The molecule has 17 heavy (non-hydrogen) atoms. The molecular formula is C14H15BrN2. The average Bonchev–Trinajstić information content (AvgIpc) is 2.32. The Kier molecular flexibility index (Phi) is 4.29. The summed E-state index contributed by atoms with van der Waals surface area (Å²) >= 11 is 3.54. The maximum Gasteiger partial charge on any atom is 0.0544 e. The Labute approximate surface area is 110 Å². The zero-order chi connectivity index (χ0) is 12.1. The van der Waals surface area contributed by atoms with E-state index in [1.54, 1.807) is 0 Å². The first-order valence-electron chi connectivity index (χ1n) is 5.62. The van der Waals surface area contributed by atoms with Crippen LogP contribution in [0.3, 0.4) is 0 Å². The lowest BCUT2D eigenvalue weighted by atomic mass is 10.2. The lowest BCUT2D eigenvalue weighted by molar-refractivity contribution is 0.676. The van der Waals surface area contributed by atoms with Gasteiger partial charge in [-0.15, -0.1) is 0 Å². The summed E-state index contributed by atoms with van der Waals surface area (Å²) in [5, 5.41) is 3.39. The highest BCUT2D eigenvalue weighted by Crippen LogP contribution is 2.15. The van der Waals surface area contributed by atoms with Crippen LogP contribution in [0.15, 0.2) is 46.9 Å². The summed E-state index contributed by atoms with van der Waals surface area (Å²) in [6.07, 6.45) is 0. The van der Waals surface area contributed by atoms with E-state index in [2.05, 4.69) is 38.4 Å². The minimum Gasteiger partial charge on any atom is -0.307 e. The normalized spacial score (nSPS) is 10.5. The van der Waals surface area contributed by atoms with Crippen molar-refractivity contribution in [3.8, 4) is 0 Å². The quantitative estimate of drug-likeness (QED) is 0.933. The van der Waals surface area contributed by atoms with Crippen molar-refractivity contribution in [2.24, 2.45) is 0 Å². The second kappa shape index (κ2) is 5.94. The van der Waals surface area contributed by atoms with E-state index in [1.807, 2.05) is 37.3 Å². The van der Waals surface area contributed by atoms with E-state index in [9.17, 15) is 0 Å². The molecule has 2 aromatic rings. The molecule has 0 atom stereocenters. The van der Waals surface area contributed by atoms with Crippen LogP contribution in [0, 0.1) is 6.92 Å². The van der Waals surface area contributed by atoms with Crippen molar-refractivity contribution in [3.63, 3.8) is 0 Å². The Morgan fingerprint density at radius 2 is 1.88 bits per heavy atom. The third-order valence-electron chi connectivity index (χ3n) is 2.53. The van der Waals surface area contributed by atoms with Crippen LogP contribution in [0.25, 0.3) is 0 Å². The monoisotopic (exact) mass is 290 g/mol. The van der Waals surface area contributed by atoms with Crippen LogP contribution in [0.4, 0.5) is 0 Å². The van der Waals surface area contributed by atoms with Gasteiger partial charge in [0.1, 0.15) is 0 Å². The molecular weight excluding hydrogens is 276 g/mol. The highest BCUT2D eigenvalue weighted by Gasteiger charge is 1.98. The lowest BCUT2D eigenvalue weighted by Crippen LogP contribution is -2.14. The van der Waals surface area contributed by atoms with Crippen molar-refractivity contribution >= 4 is 15.9 Å². The maximum atomic E-state index is 4.45. The number of halogens is 1. The molecule has 1 N–H and O–H groups in total. The summed E-state index contributed by atoms with van der Waals surface area (Å²) in [6, 6.07) is 14.3. The van der Waals surface area contributed by atoms with Gasteiger partial charge in [0.25, 0.3) is 0 Å². The Morgan fingerprint density at radius 1 is 1.06 bits per heavy atom. The Bertz CT molecular complexity index is 497. The molecule has 0 amide bonds. The van der Waals surface area contributed by atoms with E-state index in [4.69, 9.17) is 0 Å². The van der Waals surface area contributed by atoms with E-state index in [-0.39, 0.29) is 0 Å². The summed E-state index contributed by atoms with van der Waals surface area (Å²) in [4.78, 5) is 4.45. The highest BCUT2D eigenvalue weighted by atomic mass is 79.9. The van der Waals surface area contributed by atoms with Crippen LogP contribution < -0.4 is 5.32 Å². The molecule has 0 saturated carbocycles. The Balaban J connectivity index is 1.90. The number of benzene rings is 1. The molecule has 0 radical (unpaired) electrons. The third-order valence-corrected chi connectivity index (χ3v) is 3.30. The Morgan fingerprint density at radius 3 is 2.65 bits per heavy atom. The predicted molar refractivity (Wildman–Crippen MR) is 73.7 cm³/mol. The molecule has 0 unspecified atom stereocenters. The fourth-order valence-electron chi connectivity index (χ4n) is 1.66. The maximum absolute atomic E-state index is 4.45. The fraction of sp³-hybridized carbons (Fsp3) is 0.214. The molecule has 0 spiro atoms. The summed E-state index contributed by atoms with van der Waals surface area (Å²) in [6.45, 7) is 3.65. The van der Waals surface area contributed by atoms with Crippen molar-refractivity contribution in [1.82, 2.24) is 10.3 Å². The van der Waals surface area contributed by atoms with Crippen LogP contribution in [0.2, 0.25) is 0 Å². The van der Waals surface area contributed by atoms with Gasteiger partial charge in [-0.3, -0.25) is 4.98 Å². The SMILES string of the molecule is Cc1cccc(CNCc2ccccc2Br)n1. The smallest absolute Gasteiger partial charge is 0.0544 e. The number of hydrogen-bond donors (Lipinski definition) is 1. The molecule has 2 rings (SSSR count). The molecule has 0 aliphatic rings. The van der Waals surface area contributed by atoms with Gasteiger partial charge in [0.15, 0.2) is 0 Å². The molecule has 0 saturated heterocycles. The van der Waals surface area contributed by atoms with Gasteiger partial charge in [-0.05, 0) is 30.7 Å². The number of nitrogens with zero attached hydrogens (tertiary/aromatic N) is 1. The van der Waals surface area contributed by atoms with Crippen LogP contribution in [0.5, 0.6) is 0 Å². The van der Waals surface area contributed by atoms with E-state index in [0.29, 0.717) is 0 Å². The molecule has 0 aliphatic heterocycles. The van der Waals surface area contributed by atoms with Gasteiger partial charge in [-0.25, -0.2) is 0 Å². The second-order valence-corrected chi connectivity index (χ2v) is 4.82. The summed E-state index contributed by atoms with van der Waals surface area (Å²) < 4.78 is 1.14. The zero-order valence-corrected chi connectivity index (χ0v) is 11.4. The molecule has 0 aliphatic carbocycles. The molecule has 1 aromatic heterocycles. The molecule has 0 fully saturated rings. The van der Waals surface area contributed by atoms with E-state index >= 15 is 0 Å². The van der Waals surface area contributed by atoms with Crippen LogP contribution >= 0.6 is 15.9 Å².